The number of anilines is 1. The Bertz CT molecular complexity index is 2480. The van der Waals surface area contributed by atoms with E-state index in [1.54, 1.807) is 24.3 Å². The van der Waals surface area contributed by atoms with Gasteiger partial charge in [-0.05, 0) is 61.0 Å². The number of ether oxygens (including phenoxy) is 1. The maximum atomic E-state index is 13.3. The number of fused-ring (bicyclic) bond motifs is 3. The van der Waals surface area contributed by atoms with Crippen molar-refractivity contribution in [2.24, 2.45) is 15.3 Å². The number of carbonyl (C=O) groups excluding carboxylic acids is 1. The molecule has 1 atom stereocenters. The zero-order valence-corrected chi connectivity index (χ0v) is 26.2. The number of aromatic nitrogens is 2. The Hall–Kier alpha value is -5.76. The SMILES string of the molecule is COc1cc(S(=O)(=O)O)c(C)cc1/N=N/C1C(=O)N(c2ccc(-c3nc4ccc5c(O)cc(S(=O)(=O)O)cc5c4[nH]3)cc2)N=C1C(=O)O. The Morgan fingerprint density at radius 3 is 2.31 bits per heavy atom. The van der Waals surface area contributed by atoms with Gasteiger partial charge in [0, 0.05) is 28.5 Å². The fraction of sp³-hybridized carbons (Fsp3) is 0.103. The number of imidazole rings is 1. The van der Waals surface area contributed by atoms with Crippen molar-refractivity contribution in [1.29, 1.82) is 0 Å². The van der Waals surface area contributed by atoms with Gasteiger partial charge in [0.1, 0.15) is 27.9 Å². The number of phenols is 1. The fourth-order valence-electron chi connectivity index (χ4n) is 5.10. The minimum atomic E-state index is -4.61. The van der Waals surface area contributed by atoms with E-state index < -0.39 is 53.7 Å². The average molecular weight is 695 g/mol. The number of aryl methyl sites for hydroxylation is 1. The van der Waals surface area contributed by atoms with E-state index in [9.17, 15) is 45.7 Å². The summed E-state index contributed by atoms with van der Waals surface area (Å²) in [5.41, 5.74) is 0.921. The molecule has 0 fully saturated rings. The molecular weight excluding hydrogens is 672 g/mol. The molecule has 0 radical (unpaired) electrons. The van der Waals surface area contributed by atoms with Gasteiger partial charge in [0.05, 0.1) is 28.7 Å². The molecule has 6 rings (SSSR count). The van der Waals surface area contributed by atoms with Crippen molar-refractivity contribution in [3.8, 4) is 22.9 Å². The molecule has 1 aliphatic heterocycles. The standard InChI is InChI=1S/C29H22N6O11S2/c1-13-9-20(22(46-2)12-23(13)48(43,44)45)32-33-25-26(29(38)39)34-35(28(25)37)15-5-3-14(4-6-15)27-30-19-8-7-17-18(24(19)31-27)10-16(11-21(17)36)47(40,41)42/h3-12,25,36H,1-2H3,(H,30,31)(H,38,39)(H,40,41,42)(H,43,44,45)/b33-32+. The lowest BCUT2D eigenvalue weighted by Gasteiger charge is -2.13. The monoisotopic (exact) mass is 694 g/mol. The van der Waals surface area contributed by atoms with E-state index in [0.29, 0.717) is 27.8 Å². The largest absolute Gasteiger partial charge is 0.507 e. The number of nitrogens with zero attached hydrogens (tertiary/aromatic N) is 5. The Kier molecular flexibility index (Phi) is 7.70. The van der Waals surface area contributed by atoms with Gasteiger partial charge in [-0.1, -0.05) is 0 Å². The summed E-state index contributed by atoms with van der Waals surface area (Å²) in [6.45, 7) is 1.38. The van der Waals surface area contributed by atoms with E-state index >= 15 is 0 Å². The van der Waals surface area contributed by atoms with Gasteiger partial charge in [0.2, 0.25) is 6.04 Å². The summed E-state index contributed by atoms with van der Waals surface area (Å²) in [6, 6.07) is 12.0. The number of hydrazone groups is 1. The van der Waals surface area contributed by atoms with Crippen LogP contribution in [0.3, 0.4) is 0 Å². The zero-order chi connectivity index (χ0) is 34.7. The number of hydrogen-bond acceptors (Lipinski definition) is 12. The fourth-order valence-corrected chi connectivity index (χ4v) is 6.35. The van der Waals surface area contributed by atoms with Crippen molar-refractivity contribution in [1.82, 2.24) is 9.97 Å². The van der Waals surface area contributed by atoms with Crippen LogP contribution in [0.15, 0.2) is 85.8 Å². The van der Waals surface area contributed by atoms with Gasteiger partial charge < -0.3 is 19.9 Å². The van der Waals surface area contributed by atoms with Gasteiger partial charge in [-0.2, -0.15) is 37.2 Å². The zero-order valence-electron chi connectivity index (χ0n) is 24.6. The number of phenolic OH excluding ortho intramolecular Hbond substituents is 1. The molecule has 1 amide bonds. The Morgan fingerprint density at radius 2 is 1.69 bits per heavy atom. The number of carboxylic acid groups (broad SMARTS) is 1. The van der Waals surface area contributed by atoms with E-state index in [-0.39, 0.29) is 33.8 Å². The first-order valence-corrected chi connectivity index (χ1v) is 16.4. The number of azo groups is 1. The van der Waals surface area contributed by atoms with Gasteiger partial charge in [-0.3, -0.25) is 13.9 Å². The molecule has 5 aromatic rings. The predicted molar refractivity (Wildman–Crippen MR) is 169 cm³/mol. The summed E-state index contributed by atoms with van der Waals surface area (Å²) in [6.07, 6.45) is 0. The molecular formula is C29H22N6O11S2. The third-order valence-corrected chi connectivity index (χ3v) is 9.21. The van der Waals surface area contributed by atoms with Crippen molar-refractivity contribution in [3.63, 3.8) is 0 Å². The maximum Gasteiger partial charge on any atom is 0.355 e. The summed E-state index contributed by atoms with van der Waals surface area (Å²) in [5, 5.41) is 33.3. The molecule has 0 aliphatic carbocycles. The summed E-state index contributed by atoms with van der Waals surface area (Å²) < 4.78 is 70.8. The topological polar surface area (TPSA) is 262 Å². The van der Waals surface area contributed by atoms with Crippen LogP contribution in [-0.2, 0) is 29.8 Å². The highest BCUT2D eigenvalue weighted by atomic mass is 32.2. The van der Waals surface area contributed by atoms with E-state index in [0.717, 1.165) is 17.1 Å². The Morgan fingerprint density at radius 1 is 0.979 bits per heavy atom. The van der Waals surface area contributed by atoms with E-state index in [2.05, 4.69) is 25.3 Å². The average Bonchev–Trinajstić information content (AvgIpc) is 3.60. The number of carbonyl (C=O) groups is 2. The van der Waals surface area contributed by atoms with Gasteiger partial charge in [0.25, 0.3) is 26.1 Å². The number of aliphatic carboxylic acids is 1. The van der Waals surface area contributed by atoms with Crippen molar-refractivity contribution in [3.05, 3.63) is 66.2 Å². The van der Waals surface area contributed by atoms with E-state index in [1.165, 1.54) is 38.3 Å². The van der Waals surface area contributed by atoms with Crippen LogP contribution in [0.25, 0.3) is 33.2 Å². The van der Waals surface area contributed by atoms with Crippen LogP contribution in [0.4, 0.5) is 11.4 Å². The number of rotatable bonds is 8. The van der Waals surface area contributed by atoms with Crippen LogP contribution in [0, 0.1) is 6.92 Å². The van der Waals surface area contributed by atoms with Crippen molar-refractivity contribution in [2.45, 2.75) is 22.8 Å². The van der Waals surface area contributed by atoms with Crippen LogP contribution in [-0.4, -0.2) is 76.9 Å². The van der Waals surface area contributed by atoms with Crippen LogP contribution >= 0.6 is 0 Å². The van der Waals surface area contributed by atoms with Crippen LogP contribution in [0.1, 0.15) is 5.56 Å². The first kappa shape index (κ1) is 32.2. The second-order valence-electron chi connectivity index (χ2n) is 10.4. The Labute approximate surface area is 270 Å². The smallest absolute Gasteiger partial charge is 0.355 e. The first-order chi connectivity index (χ1) is 22.6. The molecule has 5 N–H and O–H groups in total. The highest BCUT2D eigenvalue weighted by molar-refractivity contribution is 7.86. The molecule has 0 spiro atoms. The molecule has 1 unspecified atom stereocenters. The van der Waals surface area contributed by atoms with Crippen LogP contribution < -0.4 is 9.75 Å². The minimum absolute atomic E-state index is 0.0363. The quantitative estimate of drug-likeness (QED) is 0.115. The molecule has 17 nitrogen and oxygen atoms in total. The van der Waals surface area contributed by atoms with Crippen molar-refractivity contribution < 1.29 is 50.5 Å². The highest BCUT2D eigenvalue weighted by Gasteiger charge is 2.41. The lowest BCUT2D eigenvalue weighted by atomic mass is 10.1. The molecule has 48 heavy (non-hydrogen) atoms. The van der Waals surface area contributed by atoms with Gasteiger partial charge in [-0.15, -0.1) is 0 Å². The summed E-state index contributed by atoms with van der Waals surface area (Å²) in [5.74, 6) is -2.52. The molecule has 1 aromatic heterocycles. The number of nitrogens with one attached hydrogen (secondary N) is 1. The molecule has 2 heterocycles. The first-order valence-electron chi connectivity index (χ1n) is 13.5. The van der Waals surface area contributed by atoms with E-state index in [1.807, 2.05) is 0 Å². The molecule has 0 bridgehead atoms. The molecule has 246 valence electrons. The van der Waals surface area contributed by atoms with Crippen LogP contribution in [0.2, 0.25) is 0 Å². The number of carboxylic acids is 1. The minimum Gasteiger partial charge on any atom is -0.507 e. The Balaban J connectivity index is 1.31. The number of amides is 1. The molecule has 0 saturated heterocycles. The molecule has 1 aliphatic rings. The number of methoxy groups -OCH3 is 1. The number of aromatic amines is 1. The van der Waals surface area contributed by atoms with Crippen LogP contribution in [0.5, 0.6) is 11.5 Å². The second kappa shape index (κ2) is 11.5. The van der Waals surface area contributed by atoms with Gasteiger partial charge in [-0.25, -0.2) is 9.78 Å². The third kappa shape index (κ3) is 5.70. The molecule has 19 heteroatoms. The lowest BCUT2D eigenvalue weighted by Crippen LogP contribution is -2.33. The number of hydrogen-bond donors (Lipinski definition) is 5. The second-order valence-corrected chi connectivity index (χ2v) is 13.2. The summed E-state index contributed by atoms with van der Waals surface area (Å²) in [4.78, 5) is 32.0. The van der Waals surface area contributed by atoms with Crippen molar-refractivity contribution >= 4 is 71.0 Å². The molecule has 4 aromatic carbocycles. The van der Waals surface area contributed by atoms with E-state index in [4.69, 9.17) is 4.74 Å². The van der Waals surface area contributed by atoms with Gasteiger partial charge in [0.15, 0.2) is 5.71 Å². The van der Waals surface area contributed by atoms with Gasteiger partial charge >= 0.3 is 5.97 Å². The predicted octanol–water partition coefficient (Wildman–Crippen LogP) is 3.84. The van der Waals surface area contributed by atoms with Crippen molar-refractivity contribution in [2.75, 3.05) is 12.1 Å². The summed E-state index contributed by atoms with van der Waals surface area (Å²) >= 11 is 0. The maximum absolute atomic E-state index is 13.3. The lowest BCUT2D eigenvalue weighted by molar-refractivity contribution is -0.130. The third-order valence-electron chi connectivity index (χ3n) is 7.39. The number of H-pyrrole nitrogens is 1. The summed E-state index contributed by atoms with van der Waals surface area (Å²) in [7, 11) is -7.98. The number of aromatic hydroxyl groups is 1. The highest BCUT2D eigenvalue weighted by Crippen LogP contribution is 2.36. The normalized spacial score (nSPS) is 15.5. The molecule has 0 saturated carbocycles. The number of benzene rings is 4.